The fourth-order valence-corrected chi connectivity index (χ4v) is 6.21. The van der Waals surface area contributed by atoms with Crippen LogP contribution in [0.15, 0.2) is 55.1 Å². The molecule has 2 saturated heterocycles. The van der Waals surface area contributed by atoms with Gasteiger partial charge in [0.25, 0.3) is 5.91 Å². The molecule has 2 unspecified atom stereocenters. The Labute approximate surface area is 235 Å². The predicted molar refractivity (Wildman–Crippen MR) is 142 cm³/mol. The Morgan fingerprint density at radius 3 is 2.43 bits per heavy atom. The lowest BCUT2D eigenvalue weighted by Crippen LogP contribution is -2.46. The zero-order chi connectivity index (χ0) is 29.2. The molecule has 2 bridgehead atoms. The van der Waals surface area contributed by atoms with Crippen molar-refractivity contribution in [1.29, 1.82) is 0 Å². The minimum atomic E-state index is -4.64. The molecule has 0 aliphatic carbocycles. The maximum absolute atomic E-state index is 14.5. The van der Waals surface area contributed by atoms with Crippen LogP contribution in [0.25, 0.3) is 28.0 Å². The number of H-pyrrole nitrogens is 1. The molecule has 0 saturated carbocycles. The van der Waals surface area contributed by atoms with Crippen LogP contribution in [-0.2, 0) is 6.18 Å². The lowest BCUT2D eigenvalue weighted by molar-refractivity contribution is -0.137. The van der Waals surface area contributed by atoms with Crippen molar-refractivity contribution in [1.82, 2.24) is 39.7 Å². The summed E-state index contributed by atoms with van der Waals surface area (Å²) in [6.07, 6.45) is 3.06. The normalized spacial score (nSPS) is 20.4. The van der Waals surface area contributed by atoms with E-state index in [1.165, 1.54) is 23.1 Å². The molecule has 7 rings (SSSR count). The molecule has 3 N–H and O–H groups in total. The van der Waals surface area contributed by atoms with Gasteiger partial charge in [-0.15, -0.1) is 0 Å². The van der Waals surface area contributed by atoms with Gasteiger partial charge in [-0.2, -0.15) is 27.9 Å². The summed E-state index contributed by atoms with van der Waals surface area (Å²) in [6, 6.07) is 7.51. The van der Waals surface area contributed by atoms with Gasteiger partial charge in [0.05, 0.1) is 17.5 Å². The number of alkyl halides is 3. The van der Waals surface area contributed by atoms with Crippen LogP contribution in [0.4, 0.5) is 23.4 Å². The lowest BCUT2D eigenvalue weighted by atomic mass is 9.87. The average molecular weight is 578 g/mol. The van der Waals surface area contributed by atoms with Crippen molar-refractivity contribution in [2.24, 2.45) is 0 Å². The highest BCUT2D eigenvalue weighted by molar-refractivity contribution is 5.91. The quantitative estimate of drug-likeness (QED) is 0.292. The number of halogens is 4. The van der Waals surface area contributed by atoms with Crippen LogP contribution in [0.5, 0.6) is 0 Å². The van der Waals surface area contributed by atoms with Gasteiger partial charge in [-0.3, -0.25) is 14.9 Å². The number of pyridine rings is 1. The summed E-state index contributed by atoms with van der Waals surface area (Å²) in [7, 11) is 0. The highest BCUT2D eigenvalue weighted by Crippen LogP contribution is 2.44. The van der Waals surface area contributed by atoms with Crippen LogP contribution in [0.2, 0.25) is 0 Å². The van der Waals surface area contributed by atoms with E-state index < -0.39 is 17.6 Å². The number of nitrogens with zero attached hydrogens (tertiary/aromatic N) is 7. The van der Waals surface area contributed by atoms with Crippen molar-refractivity contribution >= 4 is 17.4 Å². The van der Waals surface area contributed by atoms with Crippen LogP contribution < -0.4 is 5.73 Å². The van der Waals surface area contributed by atoms with Crippen LogP contribution in [0.3, 0.4) is 0 Å². The fraction of sp³-hybridized carbons (Fsp3) is 0.286. The molecule has 10 nitrogen and oxygen atoms in total. The Morgan fingerprint density at radius 2 is 1.79 bits per heavy atom. The number of amides is 1. The number of fused-ring (bicyclic) bond motifs is 3. The van der Waals surface area contributed by atoms with Crippen molar-refractivity contribution in [2.45, 2.75) is 49.9 Å². The van der Waals surface area contributed by atoms with Crippen LogP contribution >= 0.6 is 0 Å². The van der Waals surface area contributed by atoms with Gasteiger partial charge < -0.3 is 10.6 Å². The molecule has 14 heteroatoms. The maximum atomic E-state index is 14.5. The van der Waals surface area contributed by atoms with E-state index in [9.17, 15) is 22.4 Å². The molecule has 214 valence electrons. The molecule has 1 amide bonds. The number of rotatable bonds is 4. The number of hydrogen-bond donors (Lipinski definition) is 2. The van der Waals surface area contributed by atoms with Crippen LogP contribution in [0.1, 0.15) is 53.5 Å². The van der Waals surface area contributed by atoms with E-state index in [1.807, 2.05) is 11.0 Å². The Kier molecular flexibility index (Phi) is 5.95. The molecule has 6 heterocycles. The Balaban J connectivity index is 1.16. The van der Waals surface area contributed by atoms with Crippen LogP contribution in [-0.4, -0.2) is 57.7 Å². The second-order valence-electron chi connectivity index (χ2n) is 10.6. The lowest BCUT2D eigenvalue weighted by Gasteiger charge is -2.38. The second-order valence-corrected chi connectivity index (χ2v) is 10.6. The van der Waals surface area contributed by atoms with Gasteiger partial charge in [-0.25, -0.2) is 14.4 Å². The minimum absolute atomic E-state index is 0.0400. The van der Waals surface area contributed by atoms with E-state index >= 15 is 0 Å². The maximum Gasteiger partial charge on any atom is 0.416 e. The molecule has 4 aromatic heterocycles. The van der Waals surface area contributed by atoms with Gasteiger partial charge >= 0.3 is 6.18 Å². The smallest absolute Gasteiger partial charge is 0.384 e. The first-order valence-electron chi connectivity index (χ1n) is 13.3. The average Bonchev–Trinajstić information content (AvgIpc) is 3.71. The standard InChI is InChI=1S/C28H23F4N9O/c29-21-9-16(28(30,31)32)2-5-19(21)22-6-1-14(11-34-22)20-12-37-41-24(33)10-23(38-26(20)41)15-7-17-3-4-18(8-15)40(17)27(42)25-35-13-36-39-25/h1-2,5-6,9-13,15,17-18H,3-4,7-8,33H2,(H,35,36,39). The monoisotopic (exact) mass is 577 g/mol. The van der Waals surface area contributed by atoms with E-state index in [0.717, 1.165) is 43.5 Å². The largest absolute Gasteiger partial charge is 0.416 e. The number of hydrogen-bond acceptors (Lipinski definition) is 7. The first-order valence-corrected chi connectivity index (χ1v) is 13.3. The zero-order valence-electron chi connectivity index (χ0n) is 21.9. The van der Waals surface area contributed by atoms with Gasteiger partial charge in [0.2, 0.25) is 5.82 Å². The van der Waals surface area contributed by atoms with Crippen molar-refractivity contribution in [3.63, 3.8) is 0 Å². The minimum Gasteiger partial charge on any atom is -0.384 e. The molecule has 42 heavy (non-hydrogen) atoms. The van der Waals surface area contributed by atoms with Crippen molar-refractivity contribution in [3.05, 3.63) is 78.0 Å². The SMILES string of the molecule is Nc1cc(C2CC3CCC(C2)N3C(=O)c2ncn[nH]2)nc2c(-c3ccc(-c4ccc(C(F)(F)F)cc4F)nc3)cnn12. The molecule has 2 aliphatic heterocycles. The number of nitrogens with two attached hydrogens (primary N) is 1. The Morgan fingerprint density at radius 1 is 1.00 bits per heavy atom. The van der Waals surface area contributed by atoms with Crippen LogP contribution in [0, 0.1) is 5.82 Å². The molecule has 0 radical (unpaired) electrons. The molecule has 2 fully saturated rings. The number of aromatic nitrogens is 7. The van der Waals surface area contributed by atoms with Gasteiger partial charge in [-0.1, -0.05) is 6.07 Å². The van der Waals surface area contributed by atoms with Crippen molar-refractivity contribution in [2.75, 3.05) is 5.73 Å². The van der Waals surface area contributed by atoms with E-state index in [2.05, 4.69) is 25.3 Å². The van der Waals surface area contributed by atoms with E-state index in [1.54, 1.807) is 12.3 Å². The van der Waals surface area contributed by atoms with E-state index in [4.69, 9.17) is 10.7 Å². The highest BCUT2D eigenvalue weighted by atomic mass is 19.4. The number of benzene rings is 1. The molecule has 2 atom stereocenters. The first kappa shape index (κ1) is 26.0. The zero-order valence-corrected chi connectivity index (χ0v) is 21.9. The number of anilines is 1. The Bertz CT molecular complexity index is 1790. The summed E-state index contributed by atoms with van der Waals surface area (Å²) in [5, 5.41) is 10.8. The molecular weight excluding hydrogens is 554 g/mol. The number of carbonyl (C=O) groups is 1. The summed E-state index contributed by atoms with van der Waals surface area (Å²) in [5.74, 6) is -0.433. The van der Waals surface area contributed by atoms with Gasteiger partial charge in [-0.05, 0) is 49.9 Å². The number of nitrogens with one attached hydrogen (secondary N) is 1. The van der Waals surface area contributed by atoms with Crippen molar-refractivity contribution < 1.29 is 22.4 Å². The third-order valence-electron chi connectivity index (χ3n) is 8.17. The van der Waals surface area contributed by atoms with E-state index in [0.29, 0.717) is 28.7 Å². The topological polar surface area (TPSA) is 131 Å². The third-order valence-corrected chi connectivity index (χ3v) is 8.17. The van der Waals surface area contributed by atoms with E-state index in [-0.39, 0.29) is 41.0 Å². The number of aromatic amines is 1. The third kappa shape index (κ3) is 4.33. The molecule has 0 spiro atoms. The summed E-state index contributed by atoms with van der Waals surface area (Å²) >= 11 is 0. The van der Waals surface area contributed by atoms with Crippen molar-refractivity contribution in [3.8, 4) is 22.4 Å². The summed E-state index contributed by atoms with van der Waals surface area (Å²) in [5.41, 5.74) is 8.08. The summed E-state index contributed by atoms with van der Waals surface area (Å²) in [4.78, 5) is 28.2. The fourth-order valence-electron chi connectivity index (χ4n) is 6.21. The molecular formula is C28H23F4N9O. The number of carbonyl (C=O) groups excluding carboxylic acids is 1. The van der Waals surface area contributed by atoms with Gasteiger partial charge in [0.1, 0.15) is 18.0 Å². The second kappa shape index (κ2) is 9.60. The Hall–Kier alpha value is -4.88. The molecule has 1 aromatic carbocycles. The van der Waals surface area contributed by atoms with Gasteiger partial charge in [0.15, 0.2) is 5.65 Å². The summed E-state index contributed by atoms with van der Waals surface area (Å²) < 4.78 is 54.8. The first-order chi connectivity index (χ1) is 20.2. The molecule has 2 aliphatic rings. The molecule has 5 aromatic rings. The number of nitrogen functional groups attached to an aromatic ring is 1. The number of piperidine rings is 1. The predicted octanol–water partition coefficient (Wildman–Crippen LogP) is 4.87. The summed E-state index contributed by atoms with van der Waals surface area (Å²) in [6.45, 7) is 0. The highest BCUT2D eigenvalue weighted by Gasteiger charge is 2.45. The van der Waals surface area contributed by atoms with Gasteiger partial charge in [0, 0.05) is 52.6 Å².